The van der Waals surface area contributed by atoms with Gasteiger partial charge in [0.15, 0.2) is 0 Å². The van der Waals surface area contributed by atoms with Gasteiger partial charge in [0.25, 0.3) is 0 Å². The first-order valence-electron chi connectivity index (χ1n) is 5.37. The molecule has 1 aromatic carbocycles. The minimum Gasteiger partial charge on any atom is -0.480 e. The van der Waals surface area contributed by atoms with Gasteiger partial charge in [-0.15, -0.1) is 0 Å². The molecule has 1 N–H and O–H groups in total. The molecule has 16 heavy (non-hydrogen) atoms. The molecule has 0 saturated carbocycles. The molecule has 1 rings (SSSR count). The van der Waals surface area contributed by atoms with E-state index in [1.165, 1.54) is 11.1 Å². The maximum Gasteiger partial charge on any atom is 0.321 e. The lowest BCUT2D eigenvalue weighted by Gasteiger charge is -2.21. The Labute approximate surface area is 96.7 Å². The van der Waals surface area contributed by atoms with Gasteiger partial charge >= 0.3 is 5.97 Å². The van der Waals surface area contributed by atoms with Gasteiger partial charge in [0.05, 0.1) is 0 Å². The fourth-order valence-electron chi connectivity index (χ4n) is 1.73. The number of nitrogens with zero attached hydrogens (tertiary/aromatic N) is 1. The van der Waals surface area contributed by atoms with Crippen molar-refractivity contribution in [2.24, 2.45) is 0 Å². The summed E-state index contributed by atoms with van der Waals surface area (Å²) in [6.07, 6.45) is 0.551. The summed E-state index contributed by atoms with van der Waals surface area (Å²) in [5, 5.41) is 9.12. The number of aryl methyl sites for hydroxylation is 1. The number of hydrogen-bond donors (Lipinski definition) is 1. The van der Waals surface area contributed by atoms with Crippen molar-refractivity contribution in [3.05, 3.63) is 34.9 Å². The lowest BCUT2D eigenvalue weighted by molar-refractivity contribution is -0.142. The molecule has 0 unspecified atom stereocenters. The van der Waals surface area contributed by atoms with E-state index < -0.39 is 12.0 Å². The smallest absolute Gasteiger partial charge is 0.321 e. The highest BCUT2D eigenvalue weighted by Crippen LogP contribution is 2.16. The van der Waals surface area contributed by atoms with Gasteiger partial charge in [-0.25, -0.2) is 0 Å². The predicted octanol–water partition coefficient (Wildman–Crippen LogP) is 1.86. The molecule has 0 aliphatic rings. The molecule has 3 nitrogen and oxygen atoms in total. The number of carboxylic acids is 1. The lowest BCUT2D eigenvalue weighted by atomic mass is 9.97. The van der Waals surface area contributed by atoms with E-state index in [-0.39, 0.29) is 0 Å². The fraction of sp³-hybridized carbons (Fsp3) is 0.462. The van der Waals surface area contributed by atoms with Crippen molar-refractivity contribution in [1.29, 1.82) is 0 Å². The molecule has 0 aliphatic heterocycles. The highest BCUT2D eigenvalue weighted by atomic mass is 16.4. The minimum atomic E-state index is -0.772. The van der Waals surface area contributed by atoms with Crippen molar-refractivity contribution in [3.63, 3.8) is 0 Å². The first-order chi connectivity index (χ1) is 7.43. The van der Waals surface area contributed by atoms with Crippen molar-refractivity contribution in [3.8, 4) is 0 Å². The van der Waals surface area contributed by atoms with Crippen LogP contribution < -0.4 is 0 Å². The largest absolute Gasteiger partial charge is 0.480 e. The number of rotatable bonds is 4. The molecular formula is C13H19NO2. The normalized spacial score (nSPS) is 12.8. The first kappa shape index (κ1) is 12.7. The summed E-state index contributed by atoms with van der Waals surface area (Å²) in [6.45, 7) is 4.09. The van der Waals surface area contributed by atoms with Crippen LogP contribution in [0.3, 0.4) is 0 Å². The summed E-state index contributed by atoms with van der Waals surface area (Å²) in [7, 11) is 3.59. The van der Waals surface area contributed by atoms with E-state index in [9.17, 15) is 4.79 Å². The summed E-state index contributed by atoms with van der Waals surface area (Å²) in [6, 6.07) is 5.57. The molecule has 3 heteroatoms. The third kappa shape index (κ3) is 2.83. The Morgan fingerprint density at radius 2 is 2.00 bits per heavy atom. The van der Waals surface area contributed by atoms with Crippen LogP contribution in [0.15, 0.2) is 18.2 Å². The SMILES string of the molecule is Cc1cccc(C[C@H](C(=O)O)N(C)C)c1C. The summed E-state index contributed by atoms with van der Waals surface area (Å²) in [4.78, 5) is 12.8. The molecule has 0 spiro atoms. The number of carbonyl (C=O) groups is 1. The molecule has 0 saturated heterocycles. The molecule has 0 bridgehead atoms. The number of hydrogen-bond acceptors (Lipinski definition) is 2. The highest BCUT2D eigenvalue weighted by Gasteiger charge is 2.20. The second kappa shape index (κ2) is 5.12. The zero-order valence-electron chi connectivity index (χ0n) is 10.3. The van der Waals surface area contributed by atoms with Crippen LogP contribution >= 0.6 is 0 Å². The Morgan fingerprint density at radius 1 is 1.38 bits per heavy atom. The summed E-state index contributed by atoms with van der Waals surface area (Å²) >= 11 is 0. The van der Waals surface area contributed by atoms with E-state index >= 15 is 0 Å². The van der Waals surface area contributed by atoms with Crippen molar-refractivity contribution in [2.75, 3.05) is 14.1 Å². The van der Waals surface area contributed by atoms with Gasteiger partial charge in [0.2, 0.25) is 0 Å². The Bertz CT molecular complexity index is 386. The maximum atomic E-state index is 11.1. The standard InChI is InChI=1S/C13H19NO2/c1-9-6-5-7-11(10(9)2)8-12(13(15)16)14(3)4/h5-7,12H,8H2,1-4H3,(H,15,16)/t12-/m1/s1. The van der Waals surface area contributed by atoms with E-state index in [1.54, 1.807) is 19.0 Å². The zero-order chi connectivity index (χ0) is 12.3. The van der Waals surface area contributed by atoms with Crippen molar-refractivity contribution in [2.45, 2.75) is 26.3 Å². The molecule has 0 aliphatic carbocycles. The van der Waals surface area contributed by atoms with Crippen molar-refractivity contribution >= 4 is 5.97 Å². The lowest BCUT2D eigenvalue weighted by Crippen LogP contribution is -2.37. The second-order valence-corrected chi connectivity index (χ2v) is 4.38. The van der Waals surface area contributed by atoms with Crippen molar-refractivity contribution in [1.82, 2.24) is 4.90 Å². The molecule has 88 valence electrons. The van der Waals surface area contributed by atoms with Gasteiger partial charge < -0.3 is 5.11 Å². The van der Waals surface area contributed by atoms with Gasteiger partial charge in [-0.1, -0.05) is 18.2 Å². The van der Waals surface area contributed by atoms with Gasteiger partial charge in [0, 0.05) is 0 Å². The van der Waals surface area contributed by atoms with Crippen LogP contribution in [0.2, 0.25) is 0 Å². The van der Waals surface area contributed by atoms with Gasteiger partial charge in [-0.05, 0) is 51.1 Å². The number of aliphatic carboxylic acids is 1. The van der Waals surface area contributed by atoms with Crippen LogP contribution in [0.25, 0.3) is 0 Å². The van der Waals surface area contributed by atoms with Gasteiger partial charge in [-0.2, -0.15) is 0 Å². The summed E-state index contributed by atoms with van der Waals surface area (Å²) in [5.74, 6) is -0.772. The van der Waals surface area contributed by atoms with Crippen LogP contribution in [0.5, 0.6) is 0 Å². The minimum absolute atomic E-state index is 0.458. The van der Waals surface area contributed by atoms with Crippen LogP contribution in [0, 0.1) is 13.8 Å². The average Bonchev–Trinajstić information content (AvgIpc) is 2.19. The maximum absolute atomic E-state index is 11.1. The van der Waals surface area contributed by atoms with Gasteiger partial charge in [-0.3, -0.25) is 9.69 Å². The Balaban J connectivity index is 2.94. The van der Waals surface area contributed by atoms with E-state index in [4.69, 9.17) is 5.11 Å². The first-order valence-corrected chi connectivity index (χ1v) is 5.37. The number of benzene rings is 1. The molecule has 0 heterocycles. The molecule has 0 radical (unpaired) electrons. The number of likely N-dealkylation sites (N-methyl/N-ethyl adjacent to an activating group) is 1. The quantitative estimate of drug-likeness (QED) is 0.843. The Morgan fingerprint density at radius 3 is 2.50 bits per heavy atom. The molecule has 1 atom stereocenters. The fourth-order valence-corrected chi connectivity index (χ4v) is 1.73. The van der Waals surface area contributed by atoms with Crippen LogP contribution in [0.4, 0.5) is 0 Å². The van der Waals surface area contributed by atoms with E-state index in [2.05, 4.69) is 0 Å². The van der Waals surface area contributed by atoms with Crippen LogP contribution in [-0.2, 0) is 11.2 Å². The molecule has 0 fully saturated rings. The average molecular weight is 221 g/mol. The third-order valence-electron chi connectivity index (χ3n) is 3.04. The second-order valence-electron chi connectivity index (χ2n) is 4.38. The van der Waals surface area contributed by atoms with E-state index in [1.807, 2.05) is 32.0 Å². The zero-order valence-corrected chi connectivity index (χ0v) is 10.3. The number of carboxylic acid groups (broad SMARTS) is 1. The monoisotopic (exact) mass is 221 g/mol. The molecule has 0 amide bonds. The predicted molar refractivity (Wildman–Crippen MR) is 64.7 cm³/mol. The van der Waals surface area contributed by atoms with Crippen LogP contribution in [0.1, 0.15) is 16.7 Å². The Hall–Kier alpha value is -1.35. The van der Waals surface area contributed by atoms with Gasteiger partial charge in [0.1, 0.15) is 6.04 Å². The summed E-state index contributed by atoms with van der Waals surface area (Å²) < 4.78 is 0. The molecule has 1 aromatic rings. The Kier molecular flexibility index (Phi) is 4.07. The summed E-state index contributed by atoms with van der Waals surface area (Å²) in [5.41, 5.74) is 3.51. The third-order valence-corrected chi connectivity index (χ3v) is 3.04. The molecular weight excluding hydrogens is 202 g/mol. The van der Waals surface area contributed by atoms with Crippen molar-refractivity contribution < 1.29 is 9.90 Å². The highest BCUT2D eigenvalue weighted by molar-refractivity contribution is 5.74. The van der Waals surface area contributed by atoms with Crippen LogP contribution in [-0.4, -0.2) is 36.1 Å². The molecule has 0 aromatic heterocycles. The van der Waals surface area contributed by atoms with E-state index in [0.717, 1.165) is 5.56 Å². The van der Waals surface area contributed by atoms with E-state index in [0.29, 0.717) is 6.42 Å². The topological polar surface area (TPSA) is 40.5 Å².